The van der Waals surface area contributed by atoms with E-state index in [9.17, 15) is 14.0 Å². The number of benzene rings is 2. The van der Waals surface area contributed by atoms with Crippen molar-refractivity contribution in [2.75, 3.05) is 6.61 Å². The number of hydrogen-bond donors (Lipinski definition) is 1. The quantitative estimate of drug-likeness (QED) is 0.631. The van der Waals surface area contributed by atoms with Crippen molar-refractivity contribution in [2.24, 2.45) is 5.92 Å². The average molecular weight is 394 g/mol. The van der Waals surface area contributed by atoms with Crippen LogP contribution in [-0.4, -0.2) is 29.5 Å². The van der Waals surface area contributed by atoms with Gasteiger partial charge in [-0.05, 0) is 49.2 Å². The molecule has 0 saturated heterocycles. The number of para-hydroxylation sites is 1. The molecule has 1 amide bonds. The normalized spacial score (nSPS) is 12.0. The van der Waals surface area contributed by atoms with Crippen molar-refractivity contribution in [3.8, 4) is 11.3 Å². The molecule has 1 aromatic heterocycles. The lowest BCUT2D eigenvalue weighted by Gasteiger charge is -2.17. The van der Waals surface area contributed by atoms with Crippen LogP contribution in [0.3, 0.4) is 0 Å². The van der Waals surface area contributed by atoms with Crippen molar-refractivity contribution < 1.29 is 18.7 Å². The number of ether oxygens (including phenoxy) is 1. The maximum atomic E-state index is 13.2. The van der Waals surface area contributed by atoms with Crippen molar-refractivity contribution in [1.82, 2.24) is 10.3 Å². The fourth-order valence-corrected chi connectivity index (χ4v) is 2.78. The van der Waals surface area contributed by atoms with Gasteiger partial charge in [-0.2, -0.15) is 0 Å². The first-order valence-corrected chi connectivity index (χ1v) is 9.47. The van der Waals surface area contributed by atoms with E-state index in [-0.39, 0.29) is 30.3 Å². The van der Waals surface area contributed by atoms with E-state index in [1.54, 1.807) is 36.4 Å². The molecule has 1 atom stereocenters. The van der Waals surface area contributed by atoms with Crippen LogP contribution in [0.1, 0.15) is 31.1 Å². The second-order valence-corrected chi connectivity index (χ2v) is 7.26. The highest BCUT2D eigenvalue weighted by atomic mass is 19.1. The molecule has 0 bridgehead atoms. The molecule has 0 spiro atoms. The van der Waals surface area contributed by atoms with Crippen LogP contribution in [0.25, 0.3) is 22.2 Å². The van der Waals surface area contributed by atoms with Gasteiger partial charge in [-0.3, -0.25) is 4.79 Å². The Kier molecular flexibility index (Phi) is 6.22. The second kappa shape index (κ2) is 8.82. The Balaban J connectivity index is 1.86. The summed E-state index contributed by atoms with van der Waals surface area (Å²) in [6, 6.07) is 14.6. The highest BCUT2D eigenvalue weighted by Crippen LogP contribution is 2.25. The van der Waals surface area contributed by atoms with Crippen LogP contribution >= 0.6 is 0 Å². The van der Waals surface area contributed by atoms with E-state index in [2.05, 4.69) is 10.3 Å². The van der Waals surface area contributed by atoms with Gasteiger partial charge in [-0.25, -0.2) is 14.2 Å². The number of hydrogen-bond acceptors (Lipinski definition) is 4. The summed E-state index contributed by atoms with van der Waals surface area (Å²) in [7, 11) is 0. The Morgan fingerprint density at radius 1 is 1.07 bits per heavy atom. The number of pyridine rings is 1. The third-order valence-electron chi connectivity index (χ3n) is 4.80. The SMILES string of the molecule is CC(C)C(C)NC(=O)COC(=O)c1cc(-c2ccc(F)cc2)nc2ccccc12. The van der Waals surface area contributed by atoms with Gasteiger partial charge in [-0.1, -0.05) is 32.0 Å². The molecule has 0 radical (unpaired) electrons. The van der Waals surface area contributed by atoms with E-state index >= 15 is 0 Å². The van der Waals surface area contributed by atoms with Crippen molar-refractivity contribution in [3.05, 3.63) is 66.0 Å². The largest absolute Gasteiger partial charge is 0.452 e. The molecule has 2 aromatic carbocycles. The number of carbonyl (C=O) groups is 2. The summed E-state index contributed by atoms with van der Waals surface area (Å²) in [5.41, 5.74) is 2.11. The van der Waals surface area contributed by atoms with Crippen molar-refractivity contribution in [1.29, 1.82) is 0 Å². The molecular formula is C23H23FN2O3. The van der Waals surface area contributed by atoms with Gasteiger partial charge in [-0.15, -0.1) is 0 Å². The number of fused-ring (bicyclic) bond motifs is 1. The highest BCUT2D eigenvalue weighted by Gasteiger charge is 2.17. The predicted molar refractivity (Wildman–Crippen MR) is 110 cm³/mol. The Labute approximate surface area is 168 Å². The second-order valence-electron chi connectivity index (χ2n) is 7.26. The molecule has 3 rings (SSSR count). The van der Waals surface area contributed by atoms with Gasteiger partial charge in [0.25, 0.3) is 5.91 Å². The minimum Gasteiger partial charge on any atom is -0.452 e. The Hall–Kier alpha value is -3.28. The van der Waals surface area contributed by atoms with Crippen LogP contribution in [0, 0.1) is 11.7 Å². The zero-order chi connectivity index (χ0) is 21.0. The Morgan fingerprint density at radius 3 is 2.45 bits per heavy atom. The first-order chi connectivity index (χ1) is 13.8. The minimum atomic E-state index is -0.612. The zero-order valence-corrected chi connectivity index (χ0v) is 16.6. The lowest BCUT2D eigenvalue weighted by molar-refractivity contribution is -0.125. The first-order valence-electron chi connectivity index (χ1n) is 9.47. The summed E-state index contributed by atoms with van der Waals surface area (Å²) in [6.45, 7) is 5.53. The molecule has 150 valence electrons. The van der Waals surface area contributed by atoms with Gasteiger partial charge in [0.15, 0.2) is 6.61 Å². The summed E-state index contributed by atoms with van der Waals surface area (Å²) in [5, 5.41) is 3.43. The van der Waals surface area contributed by atoms with Crippen LogP contribution in [0.4, 0.5) is 4.39 Å². The first kappa shape index (κ1) is 20.5. The smallest absolute Gasteiger partial charge is 0.339 e. The van der Waals surface area contributed by atoms with E-state index in [0.29, 0.717) is 27.7 Å². The van der Waals surface area contributed by atoms with Gasteiger partial charge in [0, 0.05) is 17.0 Å². The van der Waals surface area contributed by atoms with Crippen LogP contribution in [0.5, 0.6) is 0 Å². The van der Waals surface area contributed by atoms with Gasteiger partial charge >= 0.3 is 5.97 Å². The summed E-state index contributed by atoms with van der Waals surface area (Å²) in [6.07, 6.45) is 0. The summed E-state index contributed by atoms with van der Waals surface area (Å²) in [4.78, 5) is 29.3. The third-order valence-corrected chi connectivity index (χ3v) is 4.80. The molecule has 0 aliphatic heterocycles. The maximum Gasteiger partial charge on any atom is 0.339 e. The minimum absolute atomic E-state index is 0.0203. The van der Waals surface area contributed by atoms with Crippen LogP contribution < -0.4 is 5.32 Å². The molecule has 0 aliphatic carbocycles. The lowest BCUT2D eigenvalue weighted by Crippen LogP contribution is -2.38. The molecule has 5 nitrogen and oxygen atoms in total. The lowest BCUT2D eigenvalue weighted by atomic mass is 10.0. The number of nitrogens with zero attached hydrogens (tertiary/aromatic N) is 1. The number of rotatable bonds is 6. The molecular weight excluding hydrogens is 371 g/mol. The molecule has 3 aromatic rings. The van der Waals surface area contributed by atoms with E-state index in [1.165, 1.54) is 12.1 Å². The topological polar surface area (TPSA) is 68.3 Å². The van der Waals surface area contributed by atoms with E-state index in [0.717, 1.165) is 0 Å². The summed E-state index contributed by atoms with van der Waals surface area (Å²) >= 11 is 0. The van der Waals surface area contributed by atoms with Gasteiger partial charge in [0.05, 0.1) is 16.8 Å². The number of aromatic nitrogens is 1. The van der Waals surface area contributed by atoms with E-state index in [4.69, 9.17) is 4.74 Å². The predicted octanol–water partition coefficient (Wildman–Crippen LogP) is 4.36. The van der Waals surface area contributed by atoms with Crippen LogP contribution in [-0.2, 0) is 9.53 Å². The molecule has 0 saturated carbocycles. The van der Waals surface area contributed by atoms with Gasteiger partial charge in [0.1, 0.15) is 5.82 Å². The standard InChI is InChI=1S/C23H23FN2O3/c1-14(2)15(3)25-22(27)13-29-23(28)19-12-21(16-8-10-17(24)11-9-16)26-20-7-5-4-6-18(19)20/h4-12,14-15H,13H2,1-3H3,(H,25,27). The molecule has 0 aliphatic rings. The monoisotopic (exact) mass is 394 g/mol. The Bertz CT molecular complexity index is 1030. The molecule has 1 heterocycles. The fourth-order valence-electron chi connectivity index (χ4n) is 2.78. The zero-order valence-electron chi connectivity index (χ0n) is 16.6. The number of esters is 1. The van der Waals surface area contributed by atoms with E-state index in [1.807, 2.05) is 26.8 Å². The molecule has 0 fully saturated rings. The van der Waals surface area contributed by atoms with Crippen molar-refractivity contribution in [2.45, 2.75) is 26.8 Å². The number of amides is 1. The number of carbonyl (C=O) groups excluding carboxylic acids is 2. The summed E-state index contributed by atoms with van der Waals surface area (Å²) < 4.78 is 18.5. The van der Waals surface area contributed by atoms with E-state index < -0.39 is 5.97 Å². The van der Waals surface area contributed by atoms with Crippen molar-refractivity contribution >= 4 is 22.8 Å². The Morgan fingerprint density at radius 2 is 1.76 bits per heavy atom. The molecule has 1 N–H and O–H groups in total. The highest BCUT2D eigenvalue weighted by molar-refractivity contribution is 6.05. The number of nitrogens with one attached hydrogen (secondary N) is 1. The van der Waals surface area contributed by atoms with Gasteiger partial charge < -0.3 is 10.1 Å². The molecule has 29 heavy (non-hydrogen) atoms. The van der Waals surface area contributed by atoms with Crippen molar-refractivity contribution in [3.63, 3.8) is 0 Å². The molecule has 6 heteroatoms. The van der Waals surface area contributed by atoms with Crippen LogP contribution in [0.2, 0.25) is 0 Å². The third kappa shape index (κ3) is 4.96. The van der Waals surface area contributed by atoms with Gasteiger partial charge in [0.2, 0.25) is 0 Å². The fraction of sp³-hybridized carbons (Fsp3) is 0.261. The number of halogens is 1. The average Bonchev–Trinajstić information content (AvgIpc) is 2.71. The molecule has 1 unspecified atom stereocenters. The maximum absolute atomic E-state index is 13.2. The van der Waals surface area contributed by atoms with Crippen LogP contribution in [0.15, 0.2) is 54.6 Å². The summed E-state index contributed by atoms with van der Waals surface area (Å²) in [5.74, 6) is -1.04.